The number of carbonyl (C=O) groups excluding carboxylic acids is 1. The van der Waals surface area contributed by atoms with Crippen LogP contribution in [0.15, 0.2) is 42.6 Å². The summed E-state index contributed by atoms with van der Waals surface area (Å²) >= 11 is 0. The molecule has 110 valence electrons. The lowest BCUT2D eigenvalue weighted by Crippen LogP contribution is -2.28. The lowest BCUT2D eigenvalue weighted by molar-refractivity contribution is -0.137. The Bertz CT molecular complexity index is 608. The van der Waals surface area contributed by atoms with E-state index in [1.165, 1.54) is 10.9 Å². The fourth-order valence-corrected chi connectivity index (χ4v) is 1.96. The summed E-state index contributed by atoms with van der Waals surface area (Å²) in [6.45, 7) is 0.705. The largest absolute Gasteiger partial charge is 0.481 e. The molecule has 1 amide bonds. The zero-order valence-electron chi connectivity index (χ0n) is 11.5. The molecule has 0 saturated carbocycles. The van der Waals surface area contributed by atoms with Crippen LogP contribution in [-0.2, 0) is 17.8 Å². The Balaban J connectivity index is 1.86. The molecule has 0 atom stereocenters. The van der Waals surface area contributed by atoms with E-state index in [0.29, 0.717) is 12.2 Å². The maximum absolute atomic E-state index is 12.0. The summed E-state index contributed by atoms with van der Waals surface area (Å²) < 4.78 is 1.41. The van der Waals surface area contributed by atoms with Gasteiger partial charge in [0.25, 0.3) is 5.91 Å². The molecule has 0 aliphatic heterocycles. The number of rotatable bonds is 7. The van der Waals surface area contributed by atoms with Crippen molar-refractivity contribution in [2.24, 2.45) is 0 Å². The van der Waals surface area contributed by atoms with Crippen molar-refractivity contribution in [3.05, 3.63) is 53.9 Å². The predicted molar refractivity (Wildman–Crippen MR) is 77.0 cm³/mol. The quantitative estimate of drug-likeness (QED) is 0.804. The lowest BCUT2D eigenvalue weighted by Gasteiger charge is -2.07. The Hall–Kier alpha value is -2.63. The number of hydrogen-bond donors (Lipinski definition) is 2. The van der Waals surface area contributed by atoms with E-state index in [2.05, 4.69) is 10.4 Å². The summed E-state index contributed by atoms with van der Waals surface area (Å²) in [6.07, 6.45) is 2.18. The molecule has 0 spiro atoms. The Morgan fingerprint density at radius 3 is 2.67 bits per heavy atom. The van der Waals surface area contributed by atoms with Gasteiger partial charge < -0.3 is 10.4 Å². The minimum Gasteiger partial charge on any atom is -0.481 e. The van der Waals surface area contributed by atoms with Crippen molar-refractivity contribution in [1.29, 1.82) is 0 Å². The van der Waals surface area contributed by atoms with Gasteiger partial charge in [-0.25, -0.2) is 0 Å². The summed E-state index contributed by atoms with van der Waals surface area (Å²) in [5.74, 6) is -1.16. The normalized spacial score (nSPS) is 10.3. The Labute approximate surface area is 122 Å². The minimum absolute atomic E-state index is 0.0635. The van der Waals surface area contributed by atoms with Crippen LogP contribution in [0.5, 0.6) is 0 Å². The molecule has 0 unspecified atom stereocenters. The highest BCUT2D eigenvalue weighted by Crippen LogP contribution is 2.02. The van der Waals surface area contributed by atoms with Crippen LogP contribution < -0.4 is 5.32 Å². The van der Waals surface area contributed by atoms with Crippen LogP contribution in [0.1, 0.15) is 22.5 Å². The maximum atomic E-state index is 12.0. The van der Waals surface area contributed by atoms with Crippen LogP contribution in [0.25, 0.3) is 0 Å². The van der Waals surface area contributed by atoms with E-state index in [1.54, 1.807) is 6.07 Å². The molecule has 21 heavy (non-hydrogen) atoms. The first-order chi connectivity index (χ1) is 10.2. The van der Waals surface area contributed by atoms with Gasteiger partial charge in [-0.1, -0.05) is 30.3 Å². The van der Waals surface area contributed by atoms with Gasteiger partial charge in [0.15, 0.2) is 0 Å². The van der Waals surface area contributed by atoms with Crippen LogP contribution in [0.2, 0.25) is 0 Å². The molecule has 2 rings (SSSR count). The maximum Gasteiger partial charge on any atom is 0.305 e. The van der Waals surface area contributed by atoms with Crippen molar-refractivity contribution in [1.82, 2.24) is 15.1 Å². The number of carboxylic acid groups (broad SMARTS) is 1. The van der Waals surface area contributed by atoms with Crippen LogP contribution in [0.3, 0.4) is 0 Å². The van der Waals surface area contributed by atoms with Crippen molar-refractivity contribution in [2.45, 2.75) is 19.4 Å². The van der Waals surface area contributed by atoms with Gasteiger partial charge in [-0.15, -0.1) is 0 Å². The van der Waals surface area contributed by atoms with Crippen LogP contribution in [0.4, 0.5) is 0 Å². The number of carboxylic acids is 1. The highest BCUT2D eigenvalue weighted by Gasteiger charge is 2.12. The van der Waals surface area contributed by atoms with E-state index >= 15 is 0 Å². The van der Waals surface area contributed by atoms with Gasteiger partial charge in [-0.2, -0.15) is 5.10 Å². The average molecular weight is 287 g/mol. The molecular formula is C15H17N3O3. The lowest BCUT2D eigenvalue weighted by atomic mass is 10.1. The second-order valence-corrected chi connectivity index (χ2v) is 4.57. The summed E-state index contributed by atoms with van der Waals surface area (Å²) in [5, 5.41) is 15.4. The van der Waals surface area contributed by atoms with E-state index in [9.17, 15) is 9.59 Å². The third-order valence-electron chi connectivity index (χ3n) is 3.03. The summed E-state index contributed by atoms with van der Waals surface area (Å²) in [6, 6.07) is 11.4. The second-order valence-electron chi connectivity index (χ2n) is 4.57. The molecule has 1 heterocycles. The molecule has 0 aliphatic rings. The molecule has 0 radical (unpaired) electrons. The van der Waals surface area contributed by atoms with E-state index in [1.807, 2.05) is 30.3 Å². The first-order valence-corrected chi connectivity index (χ1v) is 6.72. The van der Waals surface area contributed by atoms with Gasteiger partial charge in [-0.3, -0.25) is 14.3 Å². The average Bonchev–Trinajstić information content (AvgIpc) is 2.94. The topological polar surface area (TPSA) is 84.2 Å². The zero-order chi connectivity index (χ0) is 15.1. The number of nitrogens with one attached hydrogen (secondary N) is 1. The predicted octanol–water partition coefficient (Wildman–Crippen LogP) is 1.33. The Morgan fingerprint density at radius 1 is 1.19 bits per heavy atom. The van der Waals surface area contributed by atoms with Gasteiger partial charge in [0, 0.05) is 12.7 Å². The van der Waals surface area contributed by atoms with Crippen LogP contribution in [0, 0.1) is 0 Å². The monoisotopic (exact) mass is 287 g/mol. The van der Waals surface area contributed by atoms with E-state index in [-0.39, 0.29) is 18.9 Å². The second kappa shape index (κ2) is 7.23. The van der Waals surface area contributed by atoms with Gasteiger partial charge in [-0.05, 0) is 18.1 Å². The summed E-state index contributed by atoms with van der Waals surface area (Å²) in [5.41, 5.74) is 1.53. The van der Waals surface area contributed by atoms with Crippen LogP contribution >= 0.6 is 0 Å². The van der Waals surface area contributed by atoms with Crippen molar-refractivity contribution in [3.63, 3.8) is 0 Å². The SMILES string of the molecule is O=C(O)CCn1nccc1C(=O)NCCc1ccccc1. The molecule has 0 bridgehead atoms. The molecular weight excluding hydrogens is 270 g/mol. The van der Waals surface area contributed by atoms with Crippen molar-refractivity contribution >= 4 is 11.9 Å². The van der Waals surface area contributed by atoms with Crippen molar-refractivity contribution < 1.29 is 14.7 Å². The Kier molecular flexibility index (Phi) is 5.09. The number of aromatic nitrogens is 2. The van der Waals surface area contributed by atoms with E-state index < -0.39 is 5.97 Å². The fourth-order valence-electron chi connectivity index (χ4n) is 1.96. The standard InChI is InChI=1S/C15H17N3O3/c19-14(20)8-11-18-13(7-10-17-18)15(21)16-9-6-12-4-2-1-3-5-12/h1-5,7,10H,6,8-9,11H2,(H,16,21)(H,19,20). The highest BCUT2D eigenvalue weighted by atomic mass is 16.4. The Morgan fingerprint density at radius 2 is 1.95 bits per heavy atom. The fraction of sp³-hybridized carbons (Fsp3) is 0.267. The number of carbonyl (C=O) groups is 2. The summed E-state index contributed by atoms with van der Waals surface area (Å²) in [4.78, 5) is 22.6. The molecule has 0 fully saturated rings. The molecule has 2 aromatic rings. The van der Waals surface area contributed by atoms with Gasteiger partial charge >= 0.3 is 5.97 Å². The molecule has 2 N–H and O–H groups in total. The smallest absolute Gasteiger partial charge is 0.305 e. The van der Waals surface area contributed by atoms with Gasteiger partial charge in [0.2, 0.25) is 0 Å². The summed E-state index contributed by atoms with van der Waals surface area (Å²) in [7, 11) is 0. The molecule has 1 aromatic heterocycles. The number of hydrogen-bond acceptors (Lipinski definition) is 3. The van der Waals surface area contributed by atoms with Crippen molar-refractivity contribution in [2.75, 3.05) is 6.54 Å². The zero-order valence-corrected chi connectivity index (χ0v) is 11.5. The minimum atomic E-state index is -0.916. The first kappa shape index (κ1) is 14.8. The molecule has 1 aromatic carbocycles. The highest BCUT2D eigenvalue weighted by molar-refractivity contribution is 5.92. The third-order valence-corrected chi connectivity index (χ3v) is 3.03. The number of nitrogens with zero attached hydrogens (tertiary/aromatic N) is 2. The van der Waals surface area contributed by atoms with Crippen LogP contribution in [-0.4, -0.2) is 33.3 Å². The molecule has 0 aliphatic carbocycles. The number of benzene rings is 1. The third kappa shape index (κ3) is 4.45. The molecule has 6 heteroatoms. The van der Waals surface area contributed by atoms with Crippen molar-refractivity contribution in [3.8, 4) is 0 Å². The van der Waals surface area contributed by atoms with Gasteiger partial charge in [0.05, 0.1) is 13.0 Å². The number of aliphatic carboxylic acids is 1. The van der Waals surface area contributed by atoms with E-state index in [0.717, 1.165) is 12.0 Å². The molecule has 6 nitrogen and oxygen atoms in total. The van der Waals surface area contributed by atoms with Gasteiger partial charge in [0.1, 0.15) is 5.69 Å². The number of aryl methyl sites for hydroxylation is 1. The molecule has 0 saturated heterocycles. The first-order valence-electron chi connectivity index (χ1n) is 6.72. The number of amides is 1. The van der Waals surface area contributed by atoms with E-state index in [4.69, 9.17) is 5.11 Å².